The fourth-order valence-electron chi connectivity index (χ4n) is 4.25. The first-order chi connectivity index (χ1) is 16.1. The lowest BCUT2D eigenvalue weighted by molar-refractivity contribution is -0.130. The Bertz CT molecular complexity index is 1260. The first-order valence-electron chi connectivity index (χ1n) is 11.2. The van der Waals surface area contributed by atoms with Gasteiger partial charge in [0.25, 0.3) is 0 Å². The maximum Gasteiger partial charge on any atom is 0.366 e. The Hall–Kier alpha value is -3.77. The van der Waals surface area contributed by atoms with Gasteiger partial charge in [0, 0.05) is 32.1 Å². The Morgan fingerprint density at radius 3 is 2.36 bits per heavy atom. The van der Waals surface area contributed by atoms with Gasteiger partial charge in [-0.2, -0.15) is 0 Å². The topological polar surface area (TPSA) is 71.0 Å². The van der Waals surface area contributed by atoms with E-state index in [4.69, 9.17) is 4.74 Å². The van der Waals surface area contributed by atoms with Gasteiger partial charge in [-0.25, -0.2) is 9.79 Å². The van der Waals surface area contributed by atoms with Gasteiger partial charge in [-0.1, -0.05) is 60.7 Å². The molecule has 0 unspecified atom stereocenters. The van der Waals surface area contributed by atoms with Crippen molar-refractivity contribution in [3.63, 3.8) is 0 Å². The quantitative estimate of drug-likeness (QED) is 0.387. The number of carbonyl (C=O) groups excluding carboxylic acids is 2. The van der Waals surface area contributed by atoms with Crippen molar-refractivity contribution in [1.82, 2.24) is 10.2 Å². The summed E-state index contributed by atoms with van der Waals surface area (Å²) >= 11 is 0. The summed E-state index contributed by atoms with van der Waals surface area (Å²) in [4.78, 5) is 31.3. The Morgan fingerprint density at radius 1 is 0.939 bits per heavy atom. The minimum atomic E-state index is -0.569. The molecule has 4 aliphatic rings. The predicted molar refractivity (Wildman–Crippen MR) is 129 cm³/mol. The molecule has 0 amide bonds. The van der Waals surface area contributed by atoms with Gasteiger partial charge in [0.2, 0.25) is 5.90 Å². The van der Waals surface area contributed by atoms with E-state index in [2.05, 4.69) is 34.6 Å². The van der Waals surface area contributed by atoms with E-state index in [1.54, 1.807) is 0 Å². The summed E-state index contributed by atoms with van der Waals surface area (Å²) in [5.41, 5.74) is 4.05. The van der Waals surface area contributed by atoms with Gasteiger partial charge >= 0.3 is 5.97 Å². The summed E-state index contributed by atoms with van der Waals surface area (Å²) in [6.45, 7) is 4.49. The summed E-state index contributed by atoms with van der Waals surface area (Å²) < 4.78 is 5.48. The molecule has 1 N–H and O–H groups in total. The van der Waals surface area contributed by atoms with E-state index >= 15 is 0 Å². The predicted octanol–water partition coefficient (Wildman–Crippen LogP) is 3.91. The van der Waals surface area contributed by atoms with Crippen molar-refractivity contribution >= 4 is 28.4 Å². The number of fused-ring (bicyclic) bond motifs is 2. The van der Waals surface area contributed by atoms with Gasteiger partial charge in [-0.05, 0) is 40.9 Å². The van der Waals surface area contributed by atoms with Crippen LogP contribution < -0.4 is 5.32 Å². The zero-order chi connectivity index (χ0) is 22.8. The van der Waals surface area contributed by atoms with E-state index in [0.717, 1.165) is 35.8 Å². The molecule has 2 aromatic carbocycles. The summed E-state index contributed by atoms with van der Waals surface area (Å²) in [6.07, 6.45) is 0.902. The average Bonchev–Trinajstić information content (AvgIpc) is 2.99. The molecule has 0 atom stereocenters. The molecule has 6 nitrogen and oxygen atoms in total. The lowest BCUT2D eigenvalue weighted by atomic mass is 9.95. The number of hydrogen-bond acceptors (Lipinski definition) is 6. The minimum Gasteiger partial charge on any atom is -0.402 e. The van der Waals surface area contributed by atoms with E-state index < -0.39 is 5.97 Å². The van der Waals surface area contributed by atoms with Crippen LogP contribution in [-0.4, -0.2) is 48.7 Å². The molecular weight excluding hydrogens is 414 g/mol. The third-order valence-corrected chi connectivity index (χ3v) is 6.05. The van der Waals surface area contributed by atoms with Gasteiger partial charge in [-0.3, -0.25) is 4.79 Å². The third kappa shape index (κ3) is 4.17. The van der Waals surface area contributed by atoms with Crippen molar-refractivity contribution in [2.45, 2.75) is 13.3 Å². The van der Waals surface area contributed by atoms with Crippen LogP contribution in [0.15, 0.2) is 83.1 Å². The SMILES string of the molecule is CC(=O)C(=C1N=C(c2cccc3ccccc23)OC1=O)N1CCCNCC1.c1cc2ccc1-2. The second kappa shape index (κ2) is 9.00. The fourth-order valence-corrected chi connectivity index (χ4v) is 4.25. The van der Waals surface area contributed by atoms with Gasteiger partial charge in [0.15, 0.2) is 11.5 Å². The van der Waals surface area contributed by atoms with Gasteiger partial charge in [0.1, 0.15) is 5.70 Å². The standard InChI is InChI=1S/C21H21N3O3.C6H4/c1-14(25)19(24-12-5-10-22-11-13-24)18-21(26)27-20(23-18)17-9-4-7-15-6-2-3-8-16(15)17;1-2-6-4-3-5(1)6/h2-4,6-9,22H,5,10-13H2,1H3;1-4H. The van der Waals surface area contributed by atoms with Gasteiger partial charge in [0.05, 0.1) is 0 Å². The van der Waals surface area contributed by atoms with Crippen molar-refractivity contribution < 1.29 is 14.3 Å². The number of carbonyl (C=O) groups is 2. The fraction of sp³-hybridized carbons (Fsp3) is 0.222. The van der Waals surface area contributed by atoms with Crippen molar-refractivity contribution in [2.75, 3.05) is 26.2 Å². The Balaban J connectivity index is 0.000000324. The maximum atomic E-state index is 12.6. The minimum absolute atomic E-state index is 0.104. The Labute approximate surface area is 192 Å². The zero-order valence-electron chi connectivity index (χ0n) is 18.5. The first kappa shape index (κ1) is 21.1. The highest BCUT2D eigenvalue weighted by Crippen LogP contribution is 2.29. The number of hydrogen-bond donors (Lipinski definition) is 1. The molecule has 0 radical (unpaired) electrons. The molecule has 2 aliphatic heterocycles. The maximum absolute atomic E-state index is 12.6. The molecule has 1 saturated heterocycles. The number of rotatable bonds is 3. The molecule has 0 saturated carbocycles. The number of esters is 1. The van der Waals surface area contributed by atoms with E-state index in [-0.39, 0.29) is 17.4 Å². The zero-order valence-corrected chi connectivity index (χ0v) is 18.5. The highest BCUT2D eigenvalue weighted by Gasteiger charge is 2.32. The van der Waals surface area contributed by atoms with Crippen LogP contribution in [0.2, 0.25) is 0 Å². The van der Waals surface area contributed by atoms with Crippen LogP contribution in [0.1, 0.15) is 18.9 Å². The first-order valence-corrected chi connectivity index (χ1v) is 11.2. The second-order valence-corrected chi connectivity index (χ2v) is 8.25. The lowest BCUT2D eigenvalue weighted by Gasteiger charge is -2.23. The summed E-state index contributed by atoms with van der Waals surface area (Å²) in [7, 11) is 0. The van der Waals surface area contributed by atoms with Gasteiger partial charge < -0.3 is 15.0 Å². The molecule has 0 bridgehead atoms. The molecule has 2 aliphatic carbocycles. The number of benzene rings is 3. The van der Waals surface area contributed by atoms with Gasteiger partial charge in [-0.15, -0.1) is 0 Å². The summed E-state index contributed by atoms with van der Waals surface area (Å²) in [5, 5.41) is 5.29. The number of ether oxygens (including phenoxy) is 1. The molecule has 2 aromatic rings. The number of nitrogens with zero attached hydrogens (tertiary/aromatic N) is 2. The molecule has 2 heterocycles. The normalized spacial score (nSPS) is 18.0. The Kier molecular flexibility index (Phi) is 5.75. The Morgan fingerprint density at radius 2 is 1.67 bits per heavy atom. The van der Waals surface area contributed by atoms with Crippen LogP contribution >= 0.6 is 0 Å². The van der Waals surface area contributed by atoms with Crippen LogP contribution in [0.25, 0.3) is 21.9 Å². The van der Waals surface area contributed by atoms with Crippen LogP contribution in [0, 0.1) is 0 Å². The highest BCUT2D eigenvalue weighted by atomic mass is 16.6. The number of aliphatic imine (C=N–C) groups is 1. The molecule has 33 heavy (non-hydrogen) atoms. The second-order valence-electron chi connectivity index (χ2n) is 8.25. The smallest absolute Gasteiger partial charge is 0.366 e. The number of ketones is 1. The number of nitrogens with one attached hydrogen (secondary N) is 1. The molecule has 6 rings (SSSR count). The monoisotopic (exact) mass is 439 g/mol. The van der Waals surface area contributed by atoms with Crippen molar-refractivity contribution in [3.05, 3.63) is 83.7 Å². The van der Waals surface area contributed by atoms with Crippen LogP contribution in [-0.2, 0) is 14.3 Å². The van der Waals surface area contributed by atoms with Crippen LogP contribution in [0.4, 0.5) is 0 Å². The van der Waals surface area contributed by atoms with Crippen molar-refractivity contribution in [3.8, 4) is 11.1 Å². The largest absolute Gasteiger partial charge is 0.402 e. The lowest BCUT2D eigenvalue weighted by Crippen LogP contribution is -2.32. The molecular formula is C27H25N3O3. The van der Waals surface area contributed by atoms with Crippen LogP contribution in [0.3, 0.4) is 0 Å². The number of Topliss-reactive ketones (excluding diaryl/α,β-unsaturated/α-hetero) is 1. The average molecular weight is 440 g/mol. The highest BCUT2D eigenvalue weighted by molar-refractivity contribution is 6.18. The third-order valence-electron chi connectivity index (χ3n) is 6.05. The molecule has 0 aromatic heterocycles. The molecule has 0 spiro atoms. The van der Waals surface area contributed by atoms with Crippen molar-refractivity contribution in [2.24, 2.45) is 4.99 Å². The summed E-state index contributed by atoms with van der Waals surface area (Å²) in [5.74, 6) is -0.495. The molecule has 6 heteroatoms. The van der Waals surface area contributed by atoms with E-state index in [9.17, 15) is 9.59 Å². The molecule has 166 valence electrons. The summed E-state index contributed by atoms with van der Waals surface area (Å²) in [6, 6.07) is 22.1. The van der Waals surface area contributed by atoms with Crippen LogP contribution in [0.5, 0.6) is 0 Å². The van der Waals surface area contributed by atoms with Crippen molar-refractivity contribution in [1.29, 1.82) is 0 Å². The molecule has 1 fully saturated rings. The number of allylic oxidation sites excluding steroid dienone is 1. The van der Waals surface area contributed by atoms with E-state index in [1.165, 1.54) is 18.1 Å². The van der Waals surface area contributed by atoms with E-state index in [0.29, 0.717) is 18.8 Å². The van der Waals surface area contributed by atoms with E-state index in [1.807, 2.05) is 47.4 Å². The number of cyclic esters (lactones) is 1.